The highest BCUT2D eigenvalue weighted by molar-refractivity contribution is 5.98. The van der Waals surface area contributed by atoms with E-state index in [4.69, 9.17) is 0 Å². The molecular weight excluding hydrogens is 348 g/mol. The lowest BCUT2D eigenvalue weighted by Crippen LogP contribution is -2.46. The Morgan fingerprint density at radius 2 is 2.04 bits per heavy atom. The minimum atomic E-state index is 0.110. The molecule has 0 saturated heterocycles. The van der Waals surface area contributed by atoms with Gasteiger partial charge in [-0.3, -0.25) is 9.78 Å². The third-order valence-electron chi connectivity index (χ3n) is 5.79. The SMILES string of the molecule is CCN(C(=O)c1cc2ccccc2[nH]1)[C@H]1CCC[C@@H](NCc2ccncc2)C1. The van der Waals surface area contributed by atoms with Crippen molar-refractivity contribution in [1.82, 2.24) is 20.2 Å². The average Bonchev–Trinajstić information content (AvgIpc) is 3.18. The molecule has 2 N–H and O–H groups in total. The molecule has 1 aliphatic rings. The van der Waals surface area contributed by atoms with Crippen LogP contribution >= 0.6 is 0 Å². The number of aromatic amines is 1. The van der Waals surface area contributed by atoms with Crippen LogP contribution in [0.5, 0.6) is 0 Å². The van der Waals surface area contributed by atoms with Crippen molar-refractivity contribution in [2.24, 2.45) is 0 Å². The van der Waals surface area contributed by atoms with Gasteiger partial charge in [-0.05, 0) is 62.4 Å². The summed E-state index contributed by atoms with van der Waals surface area (Å²) in [6, 6.07) is 14.8. The highest BCUT2D eigenvalue weighted by Gasteiger charge is 2.29. The van der Waals surface area contributed by atoms with Gasteiger partial charge in [0.2, 0.25) is 0 Å². The molecule has 5 heteroatoms. The molecule has 0 radical (unpaired) electrons. The van der Waals surface area contributed by atoms with Crippen molar-refractivity contribution < 1.29 is 4.79 Å². The van der Waals surface area contributed by atoms with E-state index in [-0.39, 0.29) is 11.9 Å². The minimum absolute atomic E-state index is 0.110. The molecule has 0 aliphatic heterocycles. The van der Waals surface area contributed by atoms with E-state index < -0.39 is 0 Å². The Hall–Kier alpha value is -2.66. The molecule has 0 unspecified atom stereocenters. The molecule has 1 aliphatic carbocycles. The second-order valence-corrected chi connectivity index (χ2v) is 7.62. The maximum absolute atomic E-state index is 13.2. The highest BCUT2D eigenvalue weighted by Crippen LogP contribution is 2.25. The average molecular weight is 377 g/mol. The molecule has 5 nitrogen and oxygen atoms in total. The summed E-state index contributed by atoms with van der Waals surface area (Å²) in [6.45, 7) is 3.66. The number of fused-ring (bicyclic) bond motifs is 1. The van der Waals surface area contributed by atoms with Crippen molar-refractivity contribution in [3.8, 4) is 0 Å². The summed E-state index contributed by atoms with van der Waals surface area (Å²) in [5.74, 6) is 0.110. The summed E-state index contributed by atoms with van der Waals surface area (Å²) in [5, 5.41) is 4.76. The van der Waals surface area contributed by atoms with Crippen molar-refractivity contribution in [2.75, 3.05) is 6.54 Å². The molecule has 1 amide bonds. The van der Waals surface area contributed by atoms with Gasteiger partial charge in [-0.1, -0.05) is 18.2 Å². The zero-order chi connectivity index (χ0) is 19.3. The zero-order valence-electron chi connectivity index (χ0n) is 16.4. The van der Waals surface area contributed by atoms with Crippen molar-refractivity contribution in [2.45, 2.75) is 51.2 Å². The van der Waals surface area contributed by atoms with Gasteiger partial charge in [0, 0.05) is 48.5 Å². The largest absolute Gasteiger partial charge is 0.351 e. The van der Waals surface area contributed by atoms with E-state index >= 15 is 0 Å². The lowest BCUT2D eigenvalue weighted by molar-refractivity contribution is 0.0623. The number of carbonyl (C=O) groups excluding carboxylic acids is 1. The Morgan fingerprint density at radius 3 is 2.82 bits per heavy atom. The number of pyridine rings is 1. The number of H-pyrrole nitrogens is 1. The predicted octanol–water partition coefficient (Wildman–Crippen LogP) is 4.13. The molecule has 0 spiro atoms. The van der Waals surface area contributed by atoms with Gasteiger partial charge < -0.3 is 15.2 Å². The summed E-state index contributed by atoms with van der Waals surface area (Å²) in [7, 11) is 0. The Balaban J connectivity index is 1.42. The summed E-state index contributed by atoms with van der Waals surface area (Å²) < 4.78 is 0. The molecule has 2 heterocycles. The standard InChI is InChI=1S/C23H28N4O/c1-2-27(23(28)22-14-18-6-3-4-9-21(18)26-22)20-8-5-7-19(15-20)25-16-17-10-12-24-13-11-17/h3-4,6,9-14,19-20,25-26H,2,5,7-8,15-16H2,1H3/t19-,20+/m1/s1. The van der Waals surface area contributed by atoms with E-state index in [9.17, 15) is 4.79 Å². The van der Waals surface area contributed by atoms with Crippen LogP contribution < -0.4 is 5.32 Å². The lowest BCUT2D eigenvalue weighted by atomic mass is 9.89. The molecule has 1 aromatic carbocycles. The smallest absolute Gasteiger partial charge is 0.270 e. The molecular formula is C23H28N4O. The van der Waals surface area contributed by atoms with Crippen molar-refractivity contribution in [3.05, 3.63) is 66.1 Å². The Bertz CT molecular complexity index is 888. The van der Waals surface area contributed by atoms with E-state index in [0.717, 1.165) is 43.3 Å². The Kier molecular flexibility index (Phi) is 5.72. The van der Waals surface area contributed by atoms with E-state index in [0.29, 0.717) is 11.7 Å². The number of nitrogens with one attached hydrogen (secondary N) is 2. The van der Waals surface area contributed by atoms with Gasteiger partial charge in [0.25, 0.3) is 5.91 Å². The molecule has 0 bridgehead atoms. The summed E-state index contributed by atoms with van der Waals surface area (Å²) >= 11 is 0. The van der Waals surface area contributed by atoms with Crippen LogP contribution in [0.1, 0.15) is 48.7 Å². The van der Waals surface area contributed by atoms with Gasteiger partial charge in [-0.25, -0.2) is 0 Å². The molecule has 1 fully saturated rings. The highest BCUT2D eigenvalue weighted by atomic mass is 16.2. The number of rotatable bonds is 6. The van der Waals surface area contributed by atoms with Crippen LogP contribution in [0.2, 0.25) is 0 Å². The fourth-order valence-electron chi connectivity index (χ4n) is 4.31. The van der Waals surface area contributed by atoms with Crippen molar-refractivity contribution in [3.63, 3.8) is 0 Å². The number of para-hydroxylation sites is 1. The molecule has 3 aromatic rings. The Labute approximate surface area is 166 Å². The van der Waals surface area contributed by atoms with Crippen LogP contribution in [0.15, 0.2) is 54.9 Å². The van der Waals surface area contributed by atoms with Crippen molar-refractivity contribution in [1.29, 1.82) is 0 Å². The molecule has 28 heavy (non-hydrogen) atoms. The summed E-state index contributed by atoms with van der Waals surface area (Å²) in [4.78, 5) is 22.6. The molecule has 4 rings (SSSR count). The summed E-state index contributed by atoms with van der Waals surface area (Å²) in [6.07, 6.45) is 8.06. The van der Waals surface area contributed by atoms with Gasteiger partial charge >= 0.3 is 0 Å². The lowest BCUT2D eigenvalue weighted by Gasteiger charge is -2.37. The third-order valence-corrected chi connectivity index (χ3v) is 5.79. The number of amides is 1. The molecule has 2 aromatic heterocycles. The summed E-state index contributed by atoms with van der Waals surface area (Å²) in [5.41, 5.74) is 2.95. The molecule has 2 atom stereocenters. The Morgan fingerprint density at radius 1 is 1.21 bits per heavy atom. The minimum Gasteiger partial charge on any atom is -0.351 e. The first-order chi connectivity index (χ1) is 13.7. The second-order valence-electron chi connectivity index (χ2n) is 7.62. The topological polar surface area (TPSA) is 61.0 Å². The van der Waals surface area contributed by atoms with Crippen molar-refractivity contribution >= 4 is 16.8 Å². The molecule has 146 valence electrons. The van der Waals surface area contributed by atoms with Gasteiger partial charge in [0.1, 0.15) is 5.69 Å². The van der Waals surface area contributed by atoms with Gasteiger partial charge in [-0.2, -0.15) is 0 Å². The second kappa shape index (κ2) is 8.57. The number of aromatic nitrogens is 2. The number of carbonyl (C=O) groups is 1. The fourth-order valence-corrected chi connectivity index (χ4v) is 4.31. The van der Waals surface area contributed by atoms with Crippen LogP contribution in [0.25, 0.3) is 10.9 Å². The van der Waals surface area contributed by atoms with Crippen LogP contribution in [0, 0.1) is 0 Å². The number of nitrogens with zero attached hydrogens (tertiary/aromatic N) is 2. The van der Waals surface area contributed by atoms with E-state index in [2.05, 4.69) is 22.2 Å². The van der Waals surface area contributed by atoms with Crippen LogP contribution in [-0.4, -0.2) is 39.4 Å². The number of hydrogen-bond donors (Lipinski definition) is 2. The fraction of sp³-hybridized carbons (Fsp3) is 0.391. The van der Waals surface area contributed by atoms with Crippen LogP contribution in [0.3, 0.4) is 0 Å². The first-order valence-electron chi connectivity index (χ1n) is 10.3. The maximum Gasteiger partial charge on any atom is 0.270 e. The normalized spacial score (nSPS) is 19.6. The molecule has 1 saturated carbocycles. The first kappa shape index (κ1) is 18.7. The third kappa shape index (κ3) is 4.09. The van der Waals surface area contributed by atoms with E-state index in [1.807, 2.05) is 59.8 Å². The van der Waals surface area contributed by atoms with Crippen LogP contribution in [-0.2, 0) is 6.54 Å². The van der Waals surface area contributed by atoms with E-state index in [1.54, 1.807) is 0 Å². The quantitative estimate of drug-likeness (QED) is 0.680. The van der Waals surface area contributed by atoms with Gasteiger partial charge in [0.15, 0.2) is 0 Å². The first-order valence-corrected chi connectivity index (χ1v) is 10.3. The van der Waals surface area contributed by atoms with Gasteiger partial charge in [0.05, 0.1) is 0 Å². The monoisotopic (exact) mass is 376 g/mol. The number of hydrogen-bond acceptors (Lipinski definition) is 3. The van der Waals surface area contributed by atoms with Crippen LogP contribution in [0.4, 0.5) is 0 Å². The van der Waals surface area contributed by atoms with E-state index in [1.165, 1.54) is 12.0 Å². The van der Waals surface area contributed by atoms with Gasteiger partial charge in [-0.15, -0.1) is 0 Å². The predicted molar refractivity (Wildman–Crippen MR) is 112 cm³/mol. The maximum atomic E-state index is 13.2. The zero-order valence-corrected chi connectivity index (χ0v) is 16.4. The number of benzene rings is 1.